The lowest BCUT2D eigenvalue weighted by Gasteiger charge is -2.47. The molecule has 4 nitrogen and oxygen atoms in total. The standard InChI is InChI=1S/C23H33FN2O2S/c1-5-26(17(4)18-6-8-20(24)9-7-18)29-21-10-11-23(28)12-13-25(15-19(23)14-21)22(27)16(2)3/h6-11,16-17,19,21,28H,5,12-15H2,1-4H3/t17?,19?,21?,23-/m1/s1. The van der Waals surface area contributed by atoms with Gasteiger partial charge in [0.05, 0.1) is 5.60 Å². The first kappa shape index (κ1) is 22.3. The van der Waals surface area contributed by atoms with Crippen molar-refractivity contribution in [2.45, 2.75) is 57.4 Å². The van der Waals surface area contributed by atoms with Crippen molar-refractivity contribution in [3.8, 4) is 0 Å². The monoisotopic (exact) mass is 420 g/mol. The SMILES string of the molecule is CCN(SC1C=C[C@@]2(O)CCN(C(=O)C(C)C)CC2C1)C(C)c1ccc(F)cc1. The summed E-state index contributed by atoms with van der Waals surface area (Å²) < 4.78 is 15.6. The molecule has 6 heteroatoms. The third-order valence-electron chi connectivity index (χ3n) is 6.22. The Balaban J connectivity index is 1.67. The molecule has 0 spiro atoms. The molecule has 0 saturated carbocycles. The minimum absolute atomic E-state index is 0.0161. The molecule has 1 saturated heterocycles. The van der Waals surface area contributed by atoms with Gasteiger partial charge in [-0.3, -0.25) is 4.79 Å². The molecule has 0 bridgehead atoms. The molecular formula is C23H33FN2O2S. The number of hydrogen-bond donors (Lipinski definition) is 1. The molecule has 160 valence electrons. The zero-order chi connectivity index (χ0) is 21.2. The molecule has 0 aromatic heterocycles. The number of carbonyl (C=O) groups excluding carboxylic acids is 1. The van der Waals surface area contributed by atoms with E-state index in [1.807, 2.05) is 37.0 Å². The Bertz CT molecular complexity index is 739. The molecule has 1 aromatic rings. The maximum atomic E-state index is 13.3. The second-order valence-corrected chi connectivity index (χ2v) is 9.86. The first-order valence-electron chi connectivity index (χ1n) is 10.6. The Morgan fingerprint density at radius 3 is 2.66 bits per heavy atom. The fraction of sp³-hybridized carbons (Fsp3) is 0.609. The molecule has 1 amide bonds. The number of amides is 1. The van der Waals surface area contributed by atoms with Gasteiger partial charge in [-0.25, -0.2) is 8.70 Å². The van der Waals surface area contributed by atoms with Crippen molar-refractivity contribution >= 4 is 17.9 Å². The summed E-state index contributed by atoms with van der Waals surface area (Å²) in [6.45, 7) is 10.2. The van der Waals surface area contributed by atoms with Crippen molar-refractivity contribution in [3.63, 3.8) is 0 Å². The molecule has 0 radical (unpaired) electrons. The van der Waals surface area contributed by atoms with Crippen LogP contribution in [0.3, 0.4) is 0 Å². The van der Waals surface area contributed by atoms with E-state index >= 15 is 0 Å². The highest BCUT2D eigenvalue weighted by Gasteiger charge is 2.44. The van der Waals surface area contributed by atoms with E-state index < -0.39 is 5.60 Å². The lowest BCUT2D eigenvalue weighted by Crippen LogP contribution is -2.55. The molecule has 1 aromatic carbocycles. The Morgan fingerprint density at radius 2 is 2.03 bits per heavy atom. The zero-order valence-corrected chi connectivity index (χ0v) is 18.7. The fourth-order valence-electron chi connectivity index (χ4n) is 4.33. The third kappa shape index (κ3) is 5.04. The van der Waals surface area contributed by atoms with Crippen molar-refractivity contribution in [2.75, 3.05) is 19.6 Å². The summed E-state index contributed by atoms with van der Waals surface area (Å²) in [5, 5.41) is 11.3. The van der Waals surface area contributed by atoms with Crippen LogP contribution in [0.25, 0.3) is 0 Å². The van der Waals surface area contributed by atoms with Gasteiger partial charge in [-0.15, -0.1) is 0 Å². The Morgan fingerprint density at radius 1 is 1.34 bits per heavy atom. The average Bonchev–Trinajstić information content (AvgIpc) is 2.71. The molecular weight excluding hydrogens is 387 g/mol. The first-order chi connectivity index (χ1) is 13.7. The summed E-state index contributed by atoms with van der Waals surface area (Å²) in [5.74, 6) is -0.00575. The third-order valence-corrected chi connectivity index (χ3v) is 7.68. The molecule has 1 aliphatic heterocycles. The lowest BCUT2D eigenvalue weighted by molar-refractivity contribution is -0.141. The molecule has 3 unspecified atom stereocenters. The van der Waals surface area contributed by atoms with E-state index in [1.165, 1.54) is 12.1 Å². The van der Waals surface area contributed by atoms with Gasteiger partial charge in [-0.05, 0) is 37.5 Å². The van der Waals surface area contributed by atoms with Crippen LogP contribution in [0.5, 0.6) is 0 Å². The van der Waals surface area contributed by atoms with Gasteiger partial charge in [0.15, 0.2) is 0 Å². The maximum Gasteiger partial charge on any atom is 0.225 e. The van der Waals surface area contributed by atoms with Crippen molar-refractivity contribution in [1.82, 2.24) is 9.21 Å². The van der Waals surface area contributed by atoms with E-state index in [-0.39, 0.29) is 34.9 Å². The fourth-order valence-corrected chi connectivity index (χ4v) is 5.60. The second kappa shape index (κ2) is 9.19. The summed E-state index contributed by atoms with van der Waals surface area (Å²) >= 11 is 1.78. The van der Waals surface area contributed by atoms with Gasteiger partial charge in [0.2, 0.25) is 5.91 Å². The van der Waals surface area contributed by atoms with E-state index in [0.29, 0.717) is 19.5 Å². The molecule has 2 aliphatic rings. The quantitative estimate of drug-likeness (QED) is 0.547. The van der Waals surface area contributed by atoms with E-state index in [2.05, 4.69) is 24.2 Å². The summed E-state index contributed by atoms with van der Waals surface area (Å²) in [5.41, 5.74) is 0.285. The number of benzene rings is 1. The highest BCUT2D eigenvalue weighted by atomic mass is 32.2. The van der Waals surface area contributed by atoms with Crippen LogP contribution in [0.15, 0.2) is 36.4 Å². The van der Waals surface area contributed by atoms with Gasteiger partial charge < -0.3 is 10.0 Å². The Kier molecular flexibility index (Phi) is 7.07. The van der Waals surface area contributed by atoms with Crippen LogP contribution >= 0.6 is 11.9 Å². The number of halogens is 1. The molecule has 1 heterocycles. The van der Waals surface area contributed by atoms with Crippen LogP contribution in [0, 0.1) is 17.7 Å². The van der Waals surface area contributed by atoms with E-state index in [9.17, 15) is 14.3 Å². The number of likely N-dealkylation sites (tertiary alicyclic amines) is 1. The largest absolute Gasteiger partial charge is 0.385 e. The lowest BCUT2D eigenvalue weighted by atomic mass is 9.75. The average molecular weight is 421 g/mol. The first-order valence-corrected chi connectivity index (χ1v) is 11.5. The summed E-state index contributed by atoms with van der Waals surface area (Å²) in [7, 11) is 0. The highest BCUT2D eigenvalue weighted by molar-refractivity contribution is 7.97. The van der Waals surface area contributed by atoms with E-state index in [4.69, 9.17) is 0 Å². The van der Waals surface area contributed by atoms with Crippen molar-refractivity contribution in [2.24, 2.45) is 11.8 Å². The second-order valence-electron chi connectivity index (χ2n) is 8.58. The van der Waals surface area contributed by atoms with E-state index in [0.717, 1.165) is 18.5 Å². The molecule has 1 fully saturated rings. The number of rotatable bonds is 6. The molecule has 1 N–H and O–H groups in total. The number of nitrogens with zero attached hydrogens (tertiary/aromatic N) is 2. The molecule has 1 aliphatic carbocycles. The summed E-state index contributed by atoms with van der Waals surface area (Å²) in [6.07, 6.45) is 5.53. The minimum atomic E-state index is -0.801. The predicted octanol–water partition coefficient (Wildman–Crippen LogP) is 4.42. The van der Waals surface area contributed by atoms with Gasteiger partial charge in [0, 0.05) is 42.8 Å². The maximum absolute atomic E-state index is 13.3. The van der Waals surface area contributed by atoms with Gasteiger partial charge in [-0.2, -0.15) is 0 Å². The number of hydrogen-bond acceptors (Lipinski definition) is 4. The van der Waals surface area contributed by atoms with Crippen LogP contribution in [-0.2, 0) is 4.79 Å². The topological polar surface area (TPSA) is 43.8 Å². The Labute approximate surface area is 178 Å². The highest BCUT2D eigenvalue weighted by Crippen LogP contribution is 2.41. The van der Waals surface area contributed by atoms with Crippen LogP contribution in [0.4, 0.5) is 4.39 Å². The predicted molar refractivity (Wildman–Crippen MR) is 117 cm³/mol. The van der Waals surface area contributed by atoms with Crippen LogP contribution in [0.2, 0.25) is 0 Å². The normalized spacial score (nSPS) is 27.9. The van der Waals surface area contributed by atoms with Gasteiger partial charge >= 0.3 is 0 Å². The zero-order valence-electron chi connectivity index (χ0n) is 17.8. The van der Waals surface area contributed by atoms with Gasteiger partial charge in [0.25, 0.3) is 0 Å². The summed E-state index contributed by atoms with van der Waals surface area (Å²) in [4.78, 5) is 14.4. The molecule has 29 heavy (non-hydrogen) atoms. The van der Waals surface area contributed by atoms with Gasteiger partial charge in [0.1, 0.15) is 5.82 Å². The minimum Gasteiger partial charge on any atom is -0.385 e. The summed E-state index contributed by atoms with van der Waals surface area (Å²) in [6, 6.07) is 6.86. The smallest absolute Gasteiger partial charge is 0.225 e. The number of aliphatic hydroxyl groups is 1. The van der Waals surface area contributed by atoms with Crippen LogP contribution in [0.1, 0.15) is 52.1 Å². The number of carbonyl (C=O) groups is 1. The van der Waals surface area contributed by atoms with Crippen molar-refractivity contribution < 1.29 is 14.3 Å². The molecule has 4 atom stereocenters. The van der Waals surface area contributed by atoms with Crippen LogP contribution < -0.4 is 0 Å². The van der Waals surface area contributed by atoms with Gasteiger partial charge in [-0.1, -0.05) is 57.0 Å². The van der Waals surface area contributed by atoms with Crippen molar-refractivity contribution in [3.05, 3.63) is 47.8 Å². The van der Waals surface area contributed by atoms with Crippen LogP contribution in [-0.4, -0.2) is 50.7 Å². The molecule has 3 rings (SSSR count). The number of fused-ring (bicyclic) bond motifs is 1. The number of piperidine rings is 1. The van der Waals surface area contributed by atoms with E-state index in [1.54, 1.807) is 11.9 Å². The Hall–Kier alpha value is -1.37. The van der Waals surface area contributed by atoms with Crippen molar-refractivity contribution in [1.29, 1.82) is 0 Å².